The van der Waals surface area contributed by atoms with E-state index in [0.29, 0.717) is 0 Å². The molecule has 0 aromatic rings. The maximum Gasteiger partial charge on any atom is 0.0239 e. The SMILES string of the molecule is CC(C)=CCCC=C(C)CBr. The summed E-state index contributed by atoms with van der Waals surface area (Å²) in [6.07, 6.45) is 6.90. The molecule has 0 spiro atoms. The molecule has 1 heteroatoms. The van der Waals surface area contributed by atoms with Crippen LogP contribution in [0, 0.1) is 0 Å². The minimum atomic E-state index is 1.00. The van der Waals surface area contributed by atoms with Gasteiger partial charge in [0.15, 0.2) is 0 Å². The van der Waals surface area contributed by atoms with Crippen LogP contribution in [-0.4, -0.2) is 5.33 Å². The fourth-order valence-corrected chi connectivity index (χ4v) is 0.985. The lowest BCUT2D eigenvalue weighted by molar-refractivity contribution is 1.02. The molecule has 0 amide bonds. The maximum absolute atomic E-state index is 3.41. The van der Waals surface area contributed by atoms with Crippen molar-refractivity contribution < 1.29 is 0 Å². The molecule has 0 fully saturated rings. The minimum absolute atomic E-state index is 1.00. The van der Waals surface area contributed by atoms with Crippen molar-refractivity contribution in [3.05, 3.63) is 23.3 Å². The van der Waals surface area contributed by atoms with Crippen LogP contribution in [0.4, 0.5) is 0 Å². The van der Waals surface area contributed by atoms with E-state index in [1.54, 1.807) is 0 Å². The molecule has 64 valence electrons. The first kappa shape index (κ1) is 11.0. The lowest BCUT2D eigenvalue weighted by Crippen LogP contribution is -1.76. The number of unbranched alkanes of at least 4 members (excludes halogenated alkanes) is 1. The Balaban J connectivity index is 3.49. The van der Waals surface area contributed by atoms with Gasteiger partial charge in [-0.3, -0.25) is 0 Å². The van der Waals surface area contributed by atoms with Gasteiger partial charge < -0.3 is 0 Å². The van der Waals surface area contributed by atoms with Crippen LogP contribution < -0.4 is 0 Å². The highest BCUT2D eigenvalue weighted by molar-refractivity contribution is 9.09. The van der Waals surface area contributed by atoms with Crippen molar-refractivity contribution in [2.75, 3.05) is 5.33 Å². The number of rotatable bonds is 4. The summed E-state index contributed by atoms with van der Waals surface area (Å²) < 4.78 is 0. The Bertz CT molecular complexity index is 150. The Hall–Kier alpha value is -0.0400. The third-order valence-electron chi connectivity index (χ3n) is 1.42. The van der Waals surface area contributed by atoms with E-state index in [4.69, 9.17) is 0 Å². The topological polar surface area (TPSA) is 0 Å². The highest BCUT2D eigenvalue weighted by Crippen LogP contribution is 2.03. The van der Waals surface area contributed by atoms with Gasteiger partial charge in [0.1, 0.15) is 0 Å². The molecule has 0 bridgehead atoms. The van der Waals surface area contributed by atoms with Crippen LogP contribution in [0.5, 0.6) is 0 Å². The van der Waals surface area contributed by atoms with Crippen LogP contribution in [-0.2, 0) is 0 Å². The van der Waals surface area contributed by atoms with Gasteiger partial charge in [0.05, 0.1) is 0 Å². The first-order chi connectivity index (χ1) is 5.16. The lowest BCUT2D eigenvalue weighted by Gasteiger charge is -1.93. The highest BCUT2D eigenvalue weighted by atomic mass is 79.9. The summed E-state index contributed by atoms with van der Waals surface area (Å²) in [4.78, 5) is 0. The average molecular weight is 217 g/mol. The van der Waals surface area contributed by atoms with E-state index < -0.39 is 0 Å². The van der Waals surface area contributed by atoms with E-state index in [2.05, 4.69) is 48.9 Å². The molecule has 0 radical (unpaired) electrons. The van der Waals surface area contributed by atoms with Crippen molar-refractivity contribution in [1.82, 2.24) is 0 Å². The molecule has 0 atom stereocenters. The largest absolute Gasteiger partial charge is 0.0880 e. The first-order valence-electron chi connectivity index (χ1n) is 4.01. The van der Waals surface area contributed by atoms with Gasteiger partial charge >= 0.3 is 0 Å². The fraction of sp³-hybridized carbons (Fsp3) is 0.600. The standard InChI is InChI=1S/C10H17Br/c1-9(2)6-4-5-7-10(3)8-11/h6-7H,4-5,8H2,1-3H3. The molecule has 11 heavy (non-hydrogen) atoms. The average Bonchev–Trinajstić information content (AvgIpc) is 1.97. The zero-order chi connectivity index (χ0) is 8.69. The van der Waals surface area contributed by atoms with Crippen molar-refractivity contribution in [3.63, 3.8) is 0 Å². The molecule has 0 aromatic heterocycles. The van der Waals surface area contributed by atoms with Crippen LogP contribution in [0.3, 0.4) is 0 Å². The second-order valence-electron chi connectivity index (χ2n) is 3.04. The molecule has 0 aromatic carbocycles. The Morgan fingerprint density at radius 2 is 1.64 bits per heavy atom. The summed E-state index contributed by atoms with van der Waals surface area (Å²) >= 11 is 3.41. The second kappa shape index (κ2) is 6.66. The minimum Gasteiger partial charge on any atom is -0.0880 e. The van der Waals surface area contributed by atoms with Crippen LogP contribution in [0.2, 0.25) is 0 Å². The van der Waals surface area contributed by atoms with E-state index in [1.807, 2.05) is 0 Å². The molecule has 0 nitrogen and oxygen atoms in total. The third kappa shape index (κ3) is 7.86. The molecule has 0 unspecified atom stereocenters. The highest BCUT2D eigenvalue weighted by Gasteiger charge is 1.83. The zero-order valence-corrected chi connectivity index (χ0v) is 9.24. The Labute approximate surface area is 78.5 Å². The smallest absolute Gasteiger partial charge is 0.0239 e. The van der Waals surface area contributed by atoms with Gasteiger partial charge in [-0.2, -0.15) is 0 Å². The van der Waals surface area contributed by atoms with E-state index in [0.717, 1.165) is 5.33 Å². The molecular weight excluding hydrogens is 200 g/mol. The van der Waals surface area contributed by atoms with Crippen molar-refractivity contribution in [2.24, 2.45) is 0 Å². The summed E-state index contributed by atoms with van der Waals surface area (Å²) in [7, 11) is 0. The Morgan fingerprint density at radius 3 is 2.09 bits per heavy atom. The van der Waals surface area contributed by atoms with Gasteiger partial charge in [-0.15, -0.1) is 0 Å². The Morgan fingerprint density at radius 1 is 1.09 bits per heavy atom. The Kier molecular flexibility index (Phi) is 6.63. The van der Waals surface area contributed by atoms with Gasteiger partial charge in [-0.25, -0.2) is 0 Å². The van der Waals surface area contributed by atoms with Crippen LogP contribution in [0.25, 0.3) is 0 Å². The monoisotopic (exact) mass is 216 g/mol. The number of hydrogen-bond donors (Lipinski definition) is 0. The van der Waals surface area contributed by atoms with Gasteiger partial charge in [0.25, 0.3) is 0 Å². The molecule has 0 saturated heterocycles. The second-order valence-corrected chi connectivity index (χ2v) is 3.60. The van der Waals surface area contributed by atoms with E-state index in [1.165, 1.54) is 24.0 Å². The van der Waals surface area contributed by atoms with E-state index in [9.17, 15) is 0 Å². The predicted molar refractivity (Wildman–Crippen MR) is 56.2 cm³/mol. The van der Waals surface area contributed by atoms with Crippen LogP contribution >= 0.6 is 15.9 Å². The number of alkyl halides is 1. The third-order valence-corrected chi connectivity index (χ3v) is 2.31. The molecule has 0 aliphatic rings. The molecule has 0 N–H and O–H groups in total. The summed E-state index contributed by atoms with van der Waals surface area (Å²) in [5, 5.41) is 1.00. The van der Waals surface area contributed by atoms with Crippen molar-refractivity contribution >= 4 is 15.9 Å². The quantitative estimate of drug-likeness (QED) is 0.378. The van der Waals surface area contributed by atoms with Gasteiger partial charge in [0.2, 0.25) is 0 Å². The van der Waals surface area contributed by atoms with Crippen molar-refractivity contribution in [3.8, 4) is 0 Å². The lowest BCUT2D eigenvalue weighted by atomic mass is 10.2. The maximum atomic E-state index is 3.41. The number of allylic oxidation sites excluding steroid dienone is 4. The summed E-state index contributed by atoms with van der Waals surface area (Å²) in [6.45, 7) is 6.43. The van der Waals surface area contributed by atoms with Crippen molar-refractivity contribution in [2.45, 2.75) is 33.6 Å². The molecular formula is C10H17Br. The number of halogens is 1. The van der Waals surface area contributed by atoms with Crippen LogP contribution in [0.1, 0.15) is 33.6 Å². The molecule has 0 aliphatic carbocycles. The van der Waals surface area contributed by atoms with Gasteiger partial charge in [-0.1, -0.05) is 39.2 Å². The van der Waals surface area contributed by atoms with Gasteiger partial charge in [-0.05, 0) is 33.6 Å². The summed E-state index contributed by atoms with van der Waals surface area (Å²) in [5.41, 5.74) is 2.84. The predicted octanol–water partition coefficient (Wildman–Crippen LogP) is 4.07. The molecule has 0 aliphatic heterocycles. The van der Waals surface area contributed by atoms with E-state index >= 15 is 0 Å². The summed E-state index contributed by atoms with van der Waals surface area (Å²) in [5.74, 6) is 0. The molecule has 0 rings (SSSR count). The zero-order valence-electron chi connectivity index (χ0n) is 7.65. The van der Waals surface area contributed by atoms with E-state index in [-0.39, 0.29) is 0 Å². The van der Waals surface area contributed by atoms with Crippen LogP contribution in [0.15, 0.2) is 23.3 Å². The fourth-order valence-electron chi connectivity index (χ4n) is 0.756. The molecule has 0 heterocycles. The molecule has 0 saturated carbocycles. The number of hydrogen-bond acceptors (Lipinski definition) is 0. The van der Waals surface area contributed by atoms with Gasteiger partial charge in [0, 0.05) is 5.33 Å². The summed E-state index contributed by atoms with van der Waals surface area (Å²) in [6, 6.07) is 0. The van der Waals surface area contributed by atoms with Crippen molar-refractivity contribution in [1.29, 1.82) is 0 Å². The first-order valence-corrected chi connectivity index (χ1v) is 5.14. The normalized spacial score (nSPS) is 11.5.